The van der Waals surface area contributed by atoms with E-state index >= 15 is 0 Å². The molecule has 0 atom stereocenters. The number of carbonyl (C=O) groups is 2. The van der Waals surface area contributed by atoms with Crippen molar-refractivity contribution in [3.05, 3.63) is 59.2 Å². The Hall–Kier alpha value is -2.82. The van der Waals surface area contributed by atoms with Crippen molar-refractivity contribution in [2.75, 3.05) is 11.9 Å². The first-order valence-electron chi connectivity index (χ1n) is 9.36. The Morgan fingerprint density at radius 2 is 1.61 bits per heavy atom. The summed E-state index contributed by atoms with van der Waals surface area (Å²) >= 11 is 0. The van der Waals surface area contributed by atoms with Gasteiger partial charge in [-0.3, -0.25) is 9.59 Å². The monoisotopic (exact) mass is 382 g/mol. The molecule has 0 unspecified atom stereocenters. The Morgan fingerprint density at radius 1 is 0.964 bits per heavy atom. The first-order chi connectivity index (χ1) is 12.9. The minimum atomic E-state index is -0.593. The summed E-state index contributed by atoms with van der Waals surface area (Å²) in [5.74, 6) is -0.267. The van der Waals surface area contributed by atoms with Crippen LogP contribution in [0.4, 0.5) is 5.69 Å². The van der Waals surface area contributed by atoms with E-state index in [0.717, 1.165) is 5.56 Å². The number of anilines is 1. The molecule has 0 saturated carbocycles. The van der Waals surface area contributed by atoms with E-state index in [1.807, 2.05) is 12.1 Å². The SMILES string of the molecule is CC(C)(C)c1ccc(OCC(=O)Nc2ccccc2C(N)=O)c(C(C)(C)C)c1. The number of para-hydroxylation sites is 1. The molecule has 2 amide bonds. The van der Waals surface area contributed by atoms with Crippen LogP contribution in [0.2, 0.25) is 0 Å². The molecule has 0 radical (unpaired) electrons. The molecular formula is C23H30N2O3. The van der Waals surface area contributed by atoms with Crippen LogP contribution in [0, 0.1) is 0 Å². The molecule has 2 aromatic carbocycles. The molecule has 0 aromatic heterocycles. The maximum absolute atomic E-state index is 12.4. The minimum absolute atomic E-state index is 0.0222. The fourth-order valence-electron chi connectivity index (χ4n) is 2.85. The summed E-state index contributed by atoms with van der Waals surface area (Å²) < 4.78 is 5.84. The minimum Gasteiger partial charge on any atom is -0.483 e. The van der Waals surface area contributed by atoms with Crippen LogP contribution in [0.3, 0.4) is 0 Å². The number of benzene rings is 2. The van der Waals surface area contributed by atoms with Gasteiger partial charge in [0.2, 0.25) is 0 Å². The molecule has 2 aromatic rings. The third-order valence-electron chi connectivity index (χ3n) is 4.48. The lowest BCUT2D eigenvalue weighted by Crippen LogP contribution is -2.24. The van der Waals surface area contributed by atoms with Crippen LogP contribution in [0.25, 0.3) is 0 Å². The highest BCUT2D eigenvalue weighted by Gasteiger charge is 2.23. The molecular weight excluding hydrogens is 352 g/mol. The van der Waals surface area contributed by atoms with E-state index in [0.29, 0.717) is 11.4 Å². The maximum Gasteiger partial charge on any atom is 0.262 e. The zero-order valence-corrected chi connectivity index (χ0v) is 17.6. The number of nitrogens with two attached hydrogens (primary N) is 1. The lowest BCUT2D eigenvalue weighted by atomic mass is 9.80. The molecule has 0 fully saturated rings. The van der Waals surface area contributed by atoms with E-state index in [-0.39, 0.29) is 28.9 Å². The maximum atomic E-state index is 12.4. The first kappa shape index (κ1) is 21.5. The number of carbonyl (C=O) groups excluding carboxylic acids is 2. The second-order valence-electron chi connectivity index (χ2n) is 8.96. The summed E-state index contributed by atoms with van der Waals surface area (Å²) in [5, 5.41) is 2.69. The molecule has 5 nitrogen and oxygen atoms in total. The zero-order valence-electron chi connectivity index (χ0n) is 17.6. The van der Waals surface area contributed by atoms with Gasteiger partial charge in [-0.05, 0) is 40.2 Å². The van der Waals surface area contributed by atoms with Crippen molar-refractivity contribution >= 4 is 17.5 Å². The van der Waals surface area contributed by atoms with Crippen LogP contribution in [0.5, 0.6) is 5.75 Å². The number of hydrogen-bond donors (Lipinski definition) is 2. The molecule has 0 saturated heterocycles. The number of rotatable bonds is 5. The fourth-order valence-corrected chi connectivity index (χ4v) is 2.85. The number of primary amides is 1. The zero-order chi connectivity index (χ0) is 21.1. The van der Waals surface area contributed by atoms with Crippen LogP contribution in [0.15, 0.2) is 42.5 Å². The summed E-state index contributed by atoms with van der Waals surface area (Å²) in [6, 6.07) is 12.7. The highest BCUT2D eigenvalue weighted by molar-refractivity contribution is 6.03. The van der Waals surface area contributed by atoms with Gasteiger partial charge >= 0.3 is 0 Å². The molecule has 0 heterocycles. The molecule has 0 aliphatic rings. The number of amides is 2. The smallest absolute Gasteiger partial charge is 0.262 e. The van der Waals surface area contributed by atoms with Gasteiger partial charge in [-0.25, -0.2) is 0 Å². The van der Waals surface area contributed by atoms with Gasteiger partial charge in [0.25, 0.3) is 11.8 Å². The number of ether oxygens (including phenoxy) is 1. The van der Waals surface area contributed by atoms with E-state index in [9.17, 15) is 9.59 Å². The highest BCUT2D eigenvalue weighted by Crippen LogP contribution is 2.35. The Balaban J connectivity index is 2.18. The third-order valence-corrected chi connectivity index (χ3v) is 4.48. The second-order valence-corrected chi connectivity index (χ2v) is 8.96. The van der Waals surface area contributed by atoms with Gasteiger partial charge in [0.15, 0.2) is 6.61 Å². The van der Waals surface area contributed by atoms with E-state index in [1.54, 1.807) is 24.3 Å². The molecule has 2 rings (SSSR count). The lowest BCUT2D eigenvalue weighted by Gasteiger charge is -2.27. The Labute approximate surface area is 167 Å². The van der Waals surface area contributed by atoms with Crippen molar-refractivity contribution in [3.8, 4) is 5.75 Å². The Kier molecular flexibility index (Phi) is 6.17. The summed E-state index contributed by atoms with van der Waals surface area (Å²) in [6.45, 7) is 12.7. The molecule has 0 aliphatic carbocycles. The molecule has 28 heavy (non-hydrogen) atoms. The van der Waals surface area contributed by atoms with Crippen LogP contribution in [0.1, 0.15) is 63.0 Å². The Morgan fingerprint density at radius 3 is 2.18 bits per heavy atom. The standard InChI is InChI=1S/C23H30N2O3/c1-22(2,3)15-11-12-19(17(13-15)23(4,5)6)28-14-20(26)25-18-10-8-7-9-16(18)21(24)27/h7-13H,14H2,1-6H3,(H2,24,27)(H,25,26). The molecule has 0 bridgehead atoms. The summed E-state index contributed by atoms with van der Waals surface area (Å²) in [7, 11) is 0. The van der Waals surface area contributed by atoms with Gasteiger partial charge in [-0.2, -0.15) is 0 Å². The van der Waals surface area contributed by atoms with E-state index in [2.05, 4.69) is 52.9 Å². The topological polar surface area (TPSA) is 81.4 Å². The van der Waals surface area contributed by atoms with E-state index < -0.39 is 5.91 Å². The molecule has 3 N–H and O–H groups in total. The van der Waals surface area contributed by atoms with Crippen molar-refractivity contribution in [2.24, 2.45) is 5.73 Å². The van der Waals surface area contributed by atoms with Crippen LogP contribution in [-0.2, 0) is 15.6 Å². The van der Waals surface area contributed by atoms with E-state index in [4.69, 9.17) is 10.5 Å². The van der Waals surface area contributed by atoms with Gasteiger partial charge in [-0.1, -0.05) is 65.8 Å². The Bertz CT molecular complexity index is 874. The number of nitrogens with one attached hydrogen (secondary N) is 1. The quantitative estimate of drug-likeness (QED) is 0.804. The van der Waals surface area contributed by atoms with Crippen LogP contribution >= 0.6 is 0 Å². The van der Waals surface area contributed by atoms with Gasteiger partial charge in [-0.15, -0.1) is 0 Å². The molecule has 0 spiro atoms. The normalized spacial score (nSPS) is 11.8. The van der Waals surface area contributed by atoms with Gasteiger partial charge in [0.1, 0.15) is 5.75 Å². The lowest BCUT2D eigenvalue weighted by molar-refractivity contribution is -0.118. The van der Waals surface area contributed by atoms with Crippen molar-refractivity contribution in [1.29, 1.82) is 0 Å². The highest BCUT2D eigenvalue weighted by atomic mass is 16.5. The van der Waals surface area contributed by atoms with E-state index in [1.165, 1.54) is 5.56 Å². The van der Waals surface area contributed by atoms with Crippen LogP contribution < -0.4 is 15.8 Å². The van der Waals surface area contributed by atoms with Gasteiger partial charge < -0.3 is 15.8 Å². The second kappa shape index (κ2) is 8.05. The molecule has 150 valence electrons. The summed E-state index contributed by atoms with van der Waals surface area (Å²) in [6.07, 6.45) is 0. The van der Waals surface area contributed by atoms with Crippen molar-refractivity contribution in [2.45, 2.75) is 52.4 Å². The van der Waals surface area contributed by atoms with Crippen LogP contribution in [-0.4, -0.2) is 18.4 Å². The number of hydrogen-bond acceptors (Lipinski definition) is 3. The first-order valence-corrected chi connectivity index (χ1v) is 9.36. The van der Waals surface area contributed by atoms with Gasteiger partial charge in [0, 0.05) is 0 Å². The predicted octanol–water partition coefficient (Wildman–Crippen LogP) is 4.40. The average molecular weight is 383 g/mol. The molecule has 5 heteroatoms. The third kappa shape index (κ3) is 5.35. The largest absolute Gasteiger partial charge is 0.483 e. The summed E-state index contributed by atoms with van der Waals surface area (Å²) in [5.41, 5.74) is 8.14. The fraction of sp³-hybridized carbons (Fsp3) is 0.391. The predicted molar refractivity (Wildman–Crippen MR) is 113 cm³/mol. The van der Waals surface area contributed by atoms with Gasteiger partial charge in [0.05, 0.1) is 11.3 Å². The van der Waals surface area contributed by atoms with Crippen molar-refractivity contribution in [3.63, 3.8) is 0 Å². The molecule has 0 aliphatic heterocycles. The summed E-state index contributed by atoms with van der Waals surface area (Å²) in [4.78, 5) is 23.8. The van der Waals surface area contributed by atoms with Crippen molar-refractivity contribution in [1.82, 2.24) is 0 Å². The van der Waals surface area contributed by atoms with Crippen molar-refractivity contribution < 1.29 is 14.3 Å². The average Bonchev–Trinajstić information content (AvgIpc) is 2.58.